The van der Waals surface area contributed by atoms with Crippen molar-refractivity contribution in [3.63, 3.8) is 0 Å². The largest absolute Gasteiger partial charge is 0.460 e. The third-order valence-electron chi connectivity index (χ3n) is 4.93. The normalized spacial score (nSPS) is 11.3. The molecule has 5 rings (SSSR count). The average molecular weight is 518 g/mol. The number of furan rings is 1. The van der Waals surface area contributed by atoms with Gasteiger partial charge in [-0.15, -0.1) is 0 Å². The number of pyridine rings is 1. The van der Waals surface area contributed by atoms with Gasteiger partial charge in [-0.05, 0) is 54.4 Å². The molecule has 3 aromatic heterocycles. The molecule has 26 heavy (non-hydrogen) atoms. The molecule has 0 saturated carbocycles. The number of aryl methyl sites for hydroxylation is 3. The Hall–Kier alpha value is -2.42. The summed E-state index contributed by atoms with van der Waals surface area (Å²) in [5.74, 6) is 0.905. The molecule has 0 unspecified atom stereocenters. The summed E-state index contributed by atoms with van der Waals surface area (Å²) in [5, 5.41) is 6.92. The van der Waals surface area contributed by atoms with Crippen molar-refractivity contribution in [2.24, 2.45) is 0 Å². The van der Waals surface area contributed by atoms with Crippen LogP contribution in [-0.4, -0.2) is 9.61 Å². The monoisotopic (exact) mass is 518 g/mol. The number of rotatable bonds is 1. The molecule has 0 bridgehead atoms. The molecule has 0 aliphatic carbocycles. The number of para-hydroxylation sites is 1. The summed E-state index contributed by atoms with van der Waals surface area (Å²) in [6, 6.07) is 17.9. The van der Waals surface area contributed by atoms with Crippen molar-refractivity contribution in [2.45, 2.75) is 20.8 Å². The summed E-state index contributed by atoms with van der Waals surface area (Å²) in [6.07, 6.45) is 1.95. The molecule has 1 radical (unpaired) electrons. The second kappa shape index (κ2) is 6.08. The SMILES string of the molecule is Cc1cc2c3ccc[c-]c3n3ncc(-c4c(C)cccc4C)c3c2o1.[Ir]. The van der Waals surface area contributed by atoms with E-state index in [0.717, 1.165) is 38.7 Å². The topological polar surface area (TPSA) is 30.4 Å². The van der Waals surface area contributed by atoms with Crippen LogP contribution < -0.4 is 0 Å². The molecular weight excluding hydrogens is 500 g/mol. The van der Waals surface area contributed by atoms with Crippen LogP contribution in [0.3, 0.4) is 0 Å². The van der Waals surface area contributed by atoms with Crippen LogP contribution in [0.5, 0.6) is 0 Å². The van der Waals surface area contributed by atoms with E-state index in [4.69, 9.17) is 9.52 Å². The third-order valence-corrected chi connectivity index (χ3v) is 4.93. The second-order valence-electron chi connectivity index (χ2n) is 6.62. The van der Waals surface area contributed by atoms with Crippen LogP contribution in [-0.2, 0) is 20.1 Å². The Bertz CT molecular complexity index is 1260. The van der Waals surface area contributed by atoms with E-state index >= 15 is 0 Å². The predicted octanol–water partition coefficient (Wildman–Crippen LogP) is 5.62. The zero-order valence-corrected chi connectivity index (χ0v) is 17.1. The van der Waals surface area contributed by atoms with Gasteiger partial charge in [-0.3, -0.25) is 4.52 Å². The number of aromatic nitrogens is 2. The van der Waals surface area contributed by atoms with Crippen LogP contribution in [0.4, 0.5) is 0 Å². The summed E-state index contributed by atoms with van der Waals surface area (Å²) in [5.41, 5.74) is 7.68. The van der Waals surface area contributed by atoms with Gasteiger partial charge in [0.25, 0.3) is 0 Å². The van der Waals surface area contributed by atoms with Crippen molar-refractivity contribution in [1.29, 1.82) is 0 Å². The van der Waals surface area contributed by atoms with E-state index in [1.165, 1.54) is 16.7 Å². The van der Waals surface area contributed by atoms with Gasteiger partial charge in [0.2, 0.25) is 0 Å². The van der Waals surface area contributed by atoms with Gasteiger partial charge in [0.05, 0.1) is 6.20 Å². The minimum atomic E-state index is 0. The summed E-state index contributed by atoms with van der Waals surface area (Å²) in [7, 11) is 0. The molecule has 0 atom stereocenters. The number of nitrogens with zero attached hydrogens (tertiary/aromatic N) is 2. The maximum atomic E-state index is 6.11. The number of hydrogen-bond donors (Lipinski definition) is 0. The molecule has 0 saturated heterocycles. The van der Waals surface area contributed by atoms with Gasteiger partial charge >= 0.3 is 0 Å². The summed E-state index contributed by atoms with van der Waals surface area (Å²) in [4.78, 5) is 0. The Labute approximate surface area is 165 Å². The average Bonchev–Trinajstić information content (AvgIpc) is 3.19. The predicted molar refractivity (Wildman–Crippen MR) is 101 cm³/mol. The maximum absolute atomic E-state index is 6.11. The molecule has 0 N–H and O–H groups in total. The van der Waals surface area contributed by atoms with Crippen LogP contribution in [0.25, 0.3) is 38.5 Å². The molecule has 0 spiro atoms. The number of benzene rings is 2. The van der Waals surface area contributed by atoms with E-state index in [1.807, 2.05) is 29.8 Å². The molecule has 0 aliphatic heterocycles. The fourth-order valence-corrected chi connectivity index (χ4v) is 3.87. The molecule has 0 fully saturated rings. The molecule has 2 aromatic carbocycles. The van der Waals surface area contributed by atoms with Gasteiger partial charge in [-0.1, -0.05) is 23.6 Å². The van der Waals surface area contributed by atoms with Crippen molar-refractivity contribution < 1.29 is 24.5 Å². The van der Waals surface area contributed by atoms with Crippen molar-refractivity contribution >= 4 is 27.4 Å². The van der Waals surface area contributed by atoms with Crippen LogP contribution in [0.1, 0.15) is 16.9 Å². The van der Waals surface area contributed by atoms with Gasteiger partial charge in [0.1, 0.15) is 16.9 Å². The summed E-state index contributed by atoms with van der Waals surface area (Å²) in [6.45, 7) is 6.28. The van der Waals surface area contributed by atoms with Crippen LogP contribution in [0.2, 0.25) is 0 Å². The molecule has 5 aromatic rings. The number of hydrogen-bond acceptors (Lipinski definition) is 2. The Morgan fingerprint density at radius 2 is 1.77 bits per heavy atom. The molecule has 4 heteroatoms. The van der Waals surface area contributed by atoms with E-state index < -0.39 is 0 Å². The van der Waals surface area contributed by atoms with E-state index in [0.29, 0.717) is 0 Å². The minimum Gasteiger partial charge on any atom is -0.460 e. The Morgan fingerprint density at radius 3 is 2.54 bits per heavy atom. The molecule has 131 valence electrons. The Morgan fingerprint density at radius 1 is 1.00 bits per heavy atom. The standard InChI is InChI=1S/C22H17N2O.Ir/c1-13-7-6-8-14(2)20(13)18-12-23-24-19-10-5-4-9-16(19)17-11-15(3)25-22(17)21(18)24;/h4-9,11-12H,1-3H3;/q-1;. The zero-order chi connectivity index (χ0) is 17.1. The van der Waals surface area contributed by atoms with Gasteiger partial charge in [0.15, 0.2) is 0 Å². The Balaban J connectivity index is 0.00000168. The first-order chi connectivity index (χ1) is 12.1. The maximum Gasteiger partial charge on any atom is 0.149 e. The summed E-state index contributed by atoms with van der Waals surface area (Å²) < 4.78 is 8.07. The minimum absolute atomic E-state index is 0. The first-order valence-electron chi connectivity index (χ1n) is 8.42. The van der Waals surface area contributed by atoms with Crippen molar-refractivity contribution in [3.05, 3.63) is 71.6 Å². The van der Waals surface area contributed by atoms with Crippen molar-refractivity contribution in [2.75, 3.05) is 0 Å². The van der Waals surface area contributed by atoms with Gasteiger partial charge in [-0.25, -0.2) is 0 Å². The molecule has 3 nitrogen and oxygen atoms in total. The molecule has 3 heterocycles. The zero-order valence-electron chi connectivity index (χ0n) is 14.8. The molecular formula is C22H17IrN2O-. The number of fused-ring (bicyclic) bond motifs is 6. The molecule has 0 aliphatic rings. The quantitative estimate of drug-likeness (QED) is 0.270. The van der Waals surface area contributed by atoms with E-state index in [9.17, 15) is 0 Å². The van der Waals surface area contributed by atoms with Crippen molar-refractivity contribution in [3.8, 4) is 11.1 Å². The second-order valence-corrected chi connectivity index (χ2v) is 6.62. The first-order valence-corrected chi connectivity index (χ1v) is 8.42. The van der Waals surface area contributed by atoms with E-state index in [1.54, 1.807) is 0 Å². The van der Waals surface area contributed by atoms with Gasteiger partial charge in [-0.2, -0.15) is 29.4 Å². The van der Waals surface area contributed by atoms with E-state index in [2.05, 4.69) is 50.2 Å². The third kappa shape index (κ3) is 2.26. The first kappa shape index (κ1) is 17.0. The smallest absolute Gasteiger partial charge is 0.149 e. The fourth-order valence-electron chi connectivity index (χ4n) is 3.87. The fraction of sp³-hybridized carbons (Fsp3) is 0.136. The van der Waals surface area contributed by atoms with Gasteiger partial charge < -0.3 is 4.42 Å². The van der Waals surface area contributed by atoms with Crippen LogP contribution in [0.15, 0.2) is 53.1 Å². The molecule has 0 amide bonds. The Kier molecular flexibility index (Phi) is 3.98. The van der Waals surface area contributed by atoms with Gasteiger partial charge in [0, 0.05) is 25.7 Å². The van der Waals surface area contributed by atoms with Crippen LogP contribution >= 0.6 is 0 Å². The van der Waals surface area contributed by atoms with Crippen LogP contribution in [0, 0.1) is 26.8 Å². The summed E-state index contributed by atoms with van der Waals surface area (Å²) >= 11 is 0. The van der Waals surface area contributed by atoms with Crippen molar-refractivity contribution in [1.82, 2.24) is 9.61 Å². The van der Waals surface area contributed by atoms with E-state index in [-0.39, 0.29) is 20.1 Å².